The van der Waals surface area contributed by atoms with Gasteiger partial charge in [0.25, 0.3) is 5.91 Å². The molecule has 3 rings (SSSR count). The van der Waals surface area contributed by atoms with E-state index in [0.29, 0.717) is 28.0 Å². The lowest BCUT2D eigenvalue weighted by atomic mass is 10.2. The zero-order valence-electron chi connectivity index (χ0n) is 11.3. The molecular formula is C16H13FN2O2. The first-order valence-electron chi connectivity index (χ1n) is 6.40. The molecule has 0 saturated heterocycles. The number of hydrogen-bond donors (Lipinski definition) is 2. The van der Waals surface area contributed by atoms with Gasteiger partial charge in [0, 0.05) is 5.39 Å². The Hall–Kier alpha value is -2.82. The predicted molar refractivity (Wildman–Crippen MR) is 79.2 cm³/mol. The number of para-hydroxylation sites is 3. The standard InChI is InChI=1S/C16H13FN2O2/c1-21-14-8-3-2-7-12(14)19-16(20)13-9-10-5-4-6-11(17)15(10)18-13/h2-9,18H,1H3,(H,19,20). The first-order chi connectivity index (χ1) is 10.2. The van der Waals surface area contributed by atoms with Crippen LogP contribution in [0.1, 0.15) is 10.5 Å². The summed E-state index contributed by atoms with van der Waals surface area (Å²) < 4.78 is 18.8. The van der Waals surface area contributed by atoms with Gasteiger partial charge in [0.1, 0.15) is 17.3 Å². The number of aromatic amines is 1. The van der Waals surface area contributed by atoms with E-state index in [0.717, 1.165) is 0 Å². The summed E-state index contributed by atoms with van der Waals surface area (Å²) in [4.78, 5) is 15.0. The molecule has 2 N–H and O–H groups in total. The maximum Gasteiger partial charge on any atom is 0.272 e. The van der Waals surface area contributed by atoms with E-state index in [2.05, 4.69) is 10.3 Å². The number of carbonyl (C=O) groups excluding carboxylic acids is 1. The minimum absolute atomic E-state index is 0.293. The summed E-state index contributed by atoms with van der Waals surface area (Å²) in [5, 5.41) is 3.39. The molecule has 3 aromatic rings. The van der Waals surface area contributed by atoms with Gasteiger partial charge in [0.05, 0.1) is 18.3 Å². The lowest BCUT2D eigenvalue weighted by molar-refractivity contribution is 0.102. The monoisotopic (exact) mass is 284 g/mol. The van der Waals surface area contributed by atoms with Gasteiger partial charge in [-0.25, -0.2) is 4.39 Å². The molecule has 0 unspecified atom stereocenters. The third-order valence-corrected chi connectivity index (χ3v) is 3.21. The number of H-pyrrole nitrogens is 1. The van der Waals surface area contributed by atoms with Crippen LogP contribution in [0.15, 0.2) is 48.5 Å². The van der Waals surface area contributed by atoms with Crippen LogP contribution in [0.2, 0.25) is 0 Å². The molecule has 0 aliphatic rings. The molecule has 0 aliphatic carbocycles. The highest BCUT2D eigenvalue weighted by Crippen LogP contribution is 2.24. The fraction of sp³-hybridized carbons (Fsp3) is 0.0625. The average Bonchev–Trinajstić information content (AvgIpc) is 2.93. The number of methoxy groups -OCH3 is 1. The van der Waals surface area contributed by atoms with E-state index in [9.17, 15) is 9.18 Å². The van der Waals surface area contributed by atoms with Crippen molar-refractivity contribution in [3.63, 3.8) is 0 Å². The molecule has 21 heavy (non-hydrogen) atoms. The summed E-state index contributed by atoms with van der Waals surface area (Å²) in [6.45, 7) is 0. The molecule has 106 valence electrons. The number of rotatable bonds is 3. The first-order valence-corrected chi connectivity index (χ1v) is 6.40. The quantitative estimate of drug-likeness (QED) is 0.772. The highest BCUT2D eigenvalue weighted by atomic mass is 19.1. The topological polar surface area (TPSA) is 54.1 Å². The Morgan fingerprint density at radius 1 is 1.19 bits per heavy atom. The van der Waals surface area contributed by atoms with Crippen molar-refractivity contribution in [2.24, 2.45) is 0 Å². The van der Waals surface area contributed by atoms with Gasteiger partial charge in [0.15, 0.2) is 0 Å². The van der Waals surface area contributed by atoms with Gasteiger partial charge in [-0.2, -0.15) is 0 Å². The normalized spacial score (nSPS) is 10.6. The third kappa shape index (κ3) is 2.45. The lowest BCUT2D eigenvalue weighted by Gasteiger charge is -2.08. The Morgan fingerprint density at radius 3 is 2.76 bits per heavy atom. The number of amides is 1. The van der Waals surface area contributed by atoms with Crippen molar-refractivity contribution in [1.29, 1.82) is 0 Å². The average molecular weight is 284 g/mol. The van der Waals surface area contributed by atoms with Crippen LogP contribution in [0.3, 0.4) is 0 Å². The minimum Gasteiger partial charge on any atom is -0.495 e. The number of halogens is 1. The zero-order chi connectivity index (χ0) is 14.8. The van der Waals surface area contributed by atoms with Crippen LogP contribution < -0.4 is 10.1 Å². The molecule has 1 heterocycles. The summed E-state index contributed by atoms with van der Waals surface area (Å²) in [5.74, 6) is -0.174. The summed E-state index contributed by atoms with van der Waals surface area (Å²) in [5.41, 5.74) is 1.17. The maximum atomic E-state index is 13.6. The molecule has 0 saturated carbocycles. The van der Waals surface area contributed by atoms with E-state index >= 15 is 0 Å². The smallest absolute Gasteiger partial charge is 0.272 e. The van der Waals surface area contributed by atoms with Crippen molar-refractivity contribution in [2.45, 2.75) is 0 Å². The first kappa shape index (κ1) is 13.2. The van der Waals surface area contributed by atoms with E-state index in [-0.39, 0.29) is 11.7 Å². The second kappa shape index (κ2) is 5.28. The van der Waals surface area contributed by atoms with Crippen molar-refractivity contribution in [1.82, 2.24) is 4.98 Å². The molecule has 1 aromatic heterocycles. The molecule has 2 aromatic carbocycles. The van der Waals surface area contributed by atoms with E-state index in [1.54, 1.807) is 36.4 Å². The molecule has 0 spiro atoms. The second-order valence-electron chi connectivity index (χ2n) is 4.54. The Labute approximate surface area is 120 Å². The Kier molecular flexibility index (Phi) is 3.31. The third-order valence-electron chi connectivity index (χ3n) is 3.21. The largest absolute Gasteiger partial charge is 0.495 e. The van der Waals surface area contributed by atoms with Gasteiger partial charge in [-0.3, -0.25) is 4.79 Å². The predicted octanol–water partition coefficient (Wildman–Crippen LogP) is 3.57. The number of carbonyl (C=O) groups is 1. The summed E-state index contributed by atoms with van der Waals surface area (Å²) in [6, 6.07) is 13.4. The lowest BCUT2D eigenvalue weighted by Crippen LogP contribution is -2.12. The van der Waals surface area contributed by atoms with Crippen LogP contribution in [-0.2, 0) is 0 Å². The van der Waals surface area contributed by atoms with Crippen LogP contribution in [0.25, 0.3) is 10.9 Å². The summed E-state index contributed by atoms with van der Waals surface area (Å²) >= 11 is 0. The summed E-state index contributed by atoms with van der Waals surface area (Å²) in [6.07, 6.45) is 0. The number of hydrogen-bond acceptors (Lipinski definition) is 2. The molecule has 0 aliphatic heterocycles. The molecular weight excluding hydrogens is 271 g/mol. The van der Waals surface area contributed by atoms with Crippen molar-refractivity contribution in [3.05, 3.63) is 60.0 Å². The van der Waals surface area contributed by atoms with Crippen LogP contribution in [0.4, 0.5) is 10.1 Å². The molecule has 4 nitrogen and oxygen atoms in total. The fourth-order valence-electron chi connectivity index (χ4n) is 2.18. The Balaban J connectivity index is 1.92. The van der Waals surface area contributed by atoms with Crippen LogP contribution in [0.5, 0.6) is 5.75 Å². The second-order valence-corrected chi connectivity index (χ2v) is 4.54. The van der Waals surface area contributed by atoms with E-state index in [1.165, 1.54) is 13.2 Å². The van der Waals surface area contributed by atoms with E-state index in [4.69, 9.17) is 4.74 Å². The van der Waals surface area contributed by atoms with Crippen molar-refractivity contribution in [3.8, 4) is 5.75 Å². The van der Waals surface area contributed by atoms with Gasteiger partial charge in [-0.05, 0) is 24.3 Å². The summed E-state index contributed by atoms with van der Waals surface area (Å²) in [7, 11) is 1.53. The highest BCUT2D eigenvalue weighted by molar-refractivity contribution is 6.06. The Morgan fingerprint density at radius 2 is 2.00 bits per heavy atom. The number of anilines is 1. The van der Waals surface area contributed by atoms with Crippen LogP contribution in [0, 0.1) is 5.82 Å². The fourth-order valence-corrected chi connectivity index (χ4v) is 2.18. The highest BCUT2D eigenvalue weighted by Gasteiger charge is 2.13. The van der Waals surface area contributed by atoms with Crippen molar-refractivity contribution < 1.29 is 13.9 Å². The zero-order valence-corrected chi connectivity index (χ0v) is 11.3. The van der Waals surface area contributed by atoms with Crippen LogP contribution >= 0.6 is 0 Å². The number of aromatic nitrogens is 1. The SMILES string of the molecule is COc1ccccc1NC(=O)c1cc2cccc(F)c2[nH]1. The van der Waals surface area contributed by atoms with Crippen molar-refractivity contribution in [2.75, 3.05) is 12.4 Å². The molecule has 0 bridgehead atoms. The number of benzene rings is 2. The van der Waals surface area contributed by atoms with Gasteiger partial charge in [-0.15, -0.1) is 0 Å². The minimum atomic E-state index is -0.385. The number of fused-ring (bicyclic) bond motifs is 1. The number of ether oxygens (including phenoxy) is 1. The van der Waals surface area contributed by atoms with Gasteiger partial charge >= 0.3 is 0 Å². The van der Waals surface area contributed by atoms with Gasteiger partial charge < -0.3 is 15.0 Å². The van der Waals surface area contributed by atoms with E-state index in [1.807, 2.05) is 6.07 Å². The molecule has 0 atom stereocenters. The number of nitrogens with one attached hydrogen (secondary N) is 2. The maximum absolute atomic E-state index is 13.6. The van der Waals surface area contributed by atoms with Crippen LogP contribution in [-0.4, -0.2) is 18.0 Å². The molecule has 1 amide bonds. The molecule has 5 heteroatoms. The molecule has 0 fully saturated rings. The van der Waals surface area contributed by atoms with Gasteiger partial charge in [-0.1, -0.05) is 24.3 Å². The molecule has 0 radical (unpaired) electrons. The van der Waals surface area contributed by atoms with E-state index < -0.39 is 0 Å². The van der Waals surface area contributed by atoms with Gasteiger partial charge in [0.2, 0.25) is 0 Å². The Bertz CT molecular complexity index is 811. The van der Waals surface area contributed by atoms with Crippen molar-refractivity contribution >= 4 is 22.5 Å².